The maximum atomic E-state index is 5.75. The van der Waals surface area contributed by atoms with E-state index in [0.29, 0.717) is 17.6 Å². The normalized spacial score (nSPS) is 12.4. The van der Waals surface area contributed by atoms with Crippen LogP contribution in [0.1, 0.15) is 25.8 Å². The maximum Gasteiger partial charge on any atom is 0.129 e. The molecule has 18 heavy (non-hydrogen) atoms. The first-order chi connectivity index (χ1) is 8.56. The van der Waals surface area contributed by atoms with E-state index in [1.807, 2.05) is 24.3 Å². The van der Waals surface area contributed by atoms with Gasteiger partial charge in [0.05, 0.1) is 5.56 Å². The van der Waals surface area contributed by atoms with Crippen molar-refractivity contribution in [3.63, 3.8) is 0 Å². The lowest BCUT2D eigenvalue weighted by atomic mass is 10.2. The van der Waals surface area contributed by atoms with E-state index in [1.54, 1.807) is 0 Å². The number of ether oxygens (including phenoxy) is 1. The van der Waals surface area contributed by atoms with E-state index in [1.165, 1.54) is 0 Å². The molecule has 0 heterocycles. The topological polar surface area (TPSA) is 38.5 Å². The Labute approximate surface area is 115 Å². The number of likely N-dealkylation sites (N-methyl/N-ethyl adjacent to an activating group) is 1. The van der Waals surface area contributed by atoms with Crippen LogP contribution >= 0.6 is 12.2 Å². The number of hydrogen-bond donors (Lipinski definition) is 1. The molecular formula is C14H22N2OS. The number of rotatable bonds is 7. The molecule has 0 aliphatic heterocycles. The minimum Gasteiger partial charge on any atom is -0.492 e. The van der Waals surface area contributed by atoms with Gasteiger partial charge in [-0.1, -0.05) is 31.3 Å². The molecule has 1 atom stereocenters. The van der Waals surface area contributed by atoms with Crippen molar-refractivity contribution < 1.29 is 4.74 Å². The molecule has 0 aromatic heterocycles. The molecule has 100 valence electrons. The molecule has 0 spiro atoms. The molecule has 0 amide bonds. The lowest BCUT2D eigenvalue weighted by molar-refractivity contribution is 0.196. The van der Waals surface area contributed by atoms with Crippen molar-refractivity contribution in [3.05, 3.63) is 29.8 Å². The molecule has 4 heteroatoms. The van der Waals surface area contributed by atoms with E-state index in [2.05, 4.69) is 25.8 Å². The molecule has 2 N–H and O–H groups in total. The Morgan fingerprint density at radius 1 is 1.44 bits per heavy atom. The molecule has 0 radical (unpaired) electrons. The van der Waals surface area contributed by atoms with Crippen LogP contribution in [-0.2, 0) is 0 Å². The van der Waals surface area contributed by atoms with Crippen molar-refractivity contribution in [2.24, 2.45) is 5.73 Å². The summed E-state index contributed by atoms with van der Waals surface area (Å²) in [6.45, 7) is 5.92. The average molecular weight is 266 g/mol. The van der Waals surface area contributed by atoms with Gasteiger partial charge in [-0.05, 0) is 32.5 Å². The molecule has 0 saturated heterocycles. The number of hydrogen-bond acceptors (Lipinski definition) is 3. The molecular weight excluding hydrogens is 244 g/mol. The highest BCUT2D eigenvalue weighted by atomic mass is 32.1. The van der Waals surface area contributed by atoms with Crippen molar-refractivity contribution >= 4 is 17.2 Å². The Morgan fingerprint density at radius 3 is 2.72 bits per heavy atom. The Bertz CT molecular complexity index is 395. The first-order valence-electron chi connectivity index (χ1n) is 6.28. The summed E-state index contributed by atoms with van der Waals surface area (Å²) >= 11 is 5.00. The van der Waals surface area contributed by atoms with Gasteiger partial charge in [0.2, 0.25) is 0 Å². The average Bonchev–Trinajstić information content (AvgIpc) is 2.38. The predicted molar refractivity (Wildman–Crippen MR) is 80.2 cm³/mol. The molecule has 1 aromatic carbocycles. The third kappa shape index (κ3) is 4.27. The summed E-state index contributed by atoms with van der Waals surface area (Å²) in [4.78, 5) is 2.66. The molecule has 1 aromatic rings. The van der Waals surface area contributed by atoms with E-state index in [-0.39, 0.29) is 0 Å². The van der Waals surface area contributed by atoms with Gasteiger partial charge in [-0.2, -0.15) is 0 Å². The molecule has 0 saturated carbocycles. The molecule has 0 aliphatic carbocycles. The molecule has 1 unspecified atom stereocenters. The fourth-order valence-corrected chi connectivity index (χ4v) is 1.80. The van der Waals surface area contributed by atoms with Gasteiger partial charge < -0.3 is 15.4 Å². The summed E-state index contributed by atoms with van der Waals surface area (Å²) in [7, 11) is 2.11. The van der Waals surface area contributed by atoms with Crippen molar-refractivity contribution in [2.75, 3.05) is 20.2 Å². The lowest BCUT2D eigenvalue weighted by Crippen LogP contribution is -2.32. The van der Waals surface area contributed by atoms with E-state index >= 15 is 0 Å². The molecule has 3 nitrogen and oxygen atoms in total. The second-order valence-electron chi connectivity index (χ2n) is 4.45. The number of para-hydroxylation sites is 1. The highest BCUT2D eigenvalue weighted by Crippen LogP contribution is 2.17. The zero-order chi connectivity index (χ0) is 13.5. The van der Waals surface area contributed by atoms with Crippen LogP contribution in [0.2, 0.25) is 0 Å². The summed E-state index contributed by atoms with van der Waals surface area (Å²) < 4.78 is 5.75. The lowest BCUT2D eigenvalue weighted by Gasteiger charge is -2.23. The summed E-state index contributed by atoms with van der Waals surface area (Å²) in [5.41, 5.74) is 6.46. The number of thiocarbonyl (C=S) groups is 1. The van der Waals surface area contributed by atoms with Crippen LogP contribution in [0.25, 0.3) is 0 Å². The van der Waals surface area contributed by atoms with Crippen LogP contribution in [0.5, 0.6) is 5.75 Å². The van der Waals surface area contributed by atoms with E-state index in [0.717, 1.165) is 24.3 Å². The van der Waals surface area contributed by atoms with Gasteiger partial charge in [0.25, 0.3) is 0 Å². The van der Waals surface area contributed by atoms with Gasteiger partial charge >= 0.3 is 0 Å². The highest BCUT2D eigenvalue weighted by Gasteiger charge is 2.08. The highest BCUT2D eigenvalue weighted by molar-refractivity contribution is 7.80. The fourth-order valence-electron chi connectivity index (χ4n) is 1.63. The van der Waals surface area contributed by atoms with Crippen LogP contribution in [0.4, 0.5) is 0 Å². The molecule has 0 aliphatic rings. The Balaban J connectivity index is 2.51. The quantitative estimate of drug-likeness (QED) is 0.769. The monoisotopic (exact) mass is 266 g/mol. The van der Waals surface area contributed by atoms with Crippen molar-refractivity contribution in [3.8, 4) is 5.75 Å². The van der Waals surface area contributed by atoms with Crippen LogP contribution in [0.15, 0.2) is 24.3 Å². The summed E-state index contributed by atoms with van der Waals surface area (Å²) in [5.74, 6) is 0.766. The fraction of sp³-hybridized carbons (Fsp3) is 0.500. The maximum absolute atomic E-state index is 5.75. The first kappa shape index (κ1) is 14.9. The summed E-state index contributed by atoms with van der Waals surface area (Å²) in [5, 5.41) is 0. The van der Waals surface area contributed by atoms with Gasteiger partial charge in [-0.25, -0.2) is 0 Å². The van der Waals surface area contributed by atoms with Crippen LogP contribution in [0.3, 0.4) is 0 Å². The van der Waals surface area contributed by atoms with Crippen molar-refractivity contribution in [1.29, 1.82) is 0 Å². The van der Waals surface area contributed by atoms with Gasteiger partial charge in [-0.3, -0.25) is 0 Å². The zero-order valence-corrected chi connectivity index (χ0v) is 12.2. The van der Waals surface area contributed by atoms with Crippen LogP contribution < -0.4 is 10.5 Å². The van der Waals surface area contributed by atoms with Crippen molar-refractivity contribution in [2.45, 2.75) is 26.3 Å². The smallest absolute Gasteiger partial charge is 0.129 e. The number of nitrogens with two attached hydrogens (primary N) is 1. The minimum absolute atomic E-state index is 0.376. The van der Waals surface area contributed by atoms with E-state index in [9.17, 15) is 0 Å². The predicted octanol–water partition coefficient (Wildman–Crippen LogP) is 2.43. The summed E-state index contributed by atoms with van der Waals surface area (Å²) in [6.07, 6.45) is 1.14. The second-order valence-corrected chi connectivity index (χ2v) is 4.89. The van der Waals surface area contributed by atoms with Gasteiger partial charge in [-0.15, -0.1) is 0 Å². The van der Waals surface area contributed by atoms with E-state index in [4.69, 9.17) is 22.7 Å². The molecule has 0 fully saturated rings. The first-order valence-corrected chi connectivity index (χ1v) is 6.69. The van der Waals surface area contributed by atoms with Crippen molar-refractivity contribution in [1.82, 2.24) is 4.90 Å². The zero-order valence-electron chi connectivity index (χ0n) is 11.3. The van der Waals surface area contributed by atoms with Gasteiger partial charge in [0.1, 0.15) is 17.3 Å². The minimum atomic E-state index is 0.376. The Morgan fingerprint density at radius 2 is 2.11 bits per heavy atom. The SMILES string of the molecule is CCC(C)N(C)CCOc1ccccc1C(N)=S. The Kier molecular flexibility index (Phi) is 6.09. The van der Waals surface area contributed by atoms with E-state index < -0.39 is 0 Å². The number of benzene rings is 1. The van der Waals surface area contributed by atoms with Crippen LogP contribution in [-0.4, -0.2) is 36.1 Å². The molecule has 1 rings (SSSR count). The number of nitrogens with zero attached hydrogens (tertiary/aromatic N) is 1. The third-order valence-electron chi connectivity index (χ3n) is 3.20. The largest absolute Gasteiger partial charge is 0.492 e. The second kappa shape index (κ2) is 7.34. The Hall–Kier alpha value is -1.13. The standard InChI is InChI=1S/C14H22N2OS/c1-4-11(2)16(3)9-10-17-13-8-6-5-7-12(13)14(15)18/h5-8,11H,4,9-10H2,1-3H3,(H2,15,18). The van der Waals surface area contributed by atoms with Gasteiger partial charge in [0.15, 0.2) is 0 Å². The van der Waals surface area contributed by atoms with Gasteiger partial charge in [0, 0.05) is 12.6 Å². The summed E-state index contributed by atoms with van der Waals surface area (Å²) in [6, 6.07) is 8.19. The van der Waals surface area contributed by atoms with Crippen LogP contribution in [0, 0.1) is 0 Å². The molecule has 0 bridgehead atoms. The third-order valence-corrected chi connectivity index (χ3v) is 3.42.